The highest BCUT2D eigenvalue weighted by Crippen LogP contribution is 2.22. The number of hydrogen-bond donors (Lipinski definition) is 2. The summed E-state index contributed by atoms with van der Waals surface area (Å²) in [6.07, 6.45) is 7.71. The van der Waals surface area contributed by atoms with E-state index in [0.29, 0.717) is 25.3 Å². The van der Waals surface area contributed by atoms with Gasteiger partial charge in [0, 0.05) is 25.7 Å². The molecule has 0 amide bonds. The van der Waals surface area contributed by atoms with Crippen molar-refractivity contribution in [3.63, 3.8) is 0 Å². The molecule has 0 radical (unpaired) electrons. The zero-order valence-electron chi connectivity index (χ0n) is 13.0. The SMILES string of the molecule is OC(CNCC1CN2CCCC2CO1)COC1CCCC1. The fourth-order valence-corrected chi connectivity index (χ4v) is 3.78. The molecule has 2 heterocycles. The van der Waals surface area contributed by atoms with Gasteiger partial charge < -0.3 is 19.9 Å². The Morgan fingerprint density at radius 2 is 2.10 bits per heavy atom. The molecule has 0 spiro atoms. The molecule has 0 aromatic rings. The van der Waals surface area contributed by atoms with Crippen LogP contribution in [0.3, 0.4) is 0 Å². The third-order valence-electron chi connectivity index (χ3n) is 5.04. The molecule has 3 fully saturated rings. The van der Waals surface area contributed by atoms with Crippen LogP contribution < -0.4 is 5.32 Å². The van der Waals surface area contributed by atoms with Crippen molar-refractivity contribution in [1.29, 1.82) is 0 Å². The number of hydrogen-bond acceptors (Lipinski definition) is 5. The minimum absolute atomic E-state index is 0.266. The summed E-state index contributed by atoms with van der Waals surface area (Å²) in [5.74, 6) is 0. The van der Waals surface area contributed by atoms with Gasteiger partial charge in [0.2, 0.25) is 0 Å². The molecule has 2 aliphatic heterocycles. The minimum Gasteiger partial charge on any atom is -0.389 e. The first-order valence-corrected chi connectivity index (χ1v) is 8.67. The minimum atomic E-state index is -0.409. The zero-order valence-corrected chi connectivity index (χ0v) is 13.0. The van der Waals surface area contributed by atoms with Gasteiger partial charge in [0.05, 0.1) is 31.5 Å². The van der Waals surface area contributed by atoms with E-state index in [9.17, 15) is 5.11 Å². The summed E-state index contributed by atoms with van der Waals surface area (Å²) in [4.78, 5) is 2.55. The quantitative estimate of drug-likeness (QED) is 0.727. The number of rotatable bonds is 7. The smallest absolute Gasteiger partial charge is 0.0897 e. The molecule has 2 N–H and O–H groups in total. The van der Waals surface area contributed by atoms with Crippen molar-refractivity contribution in [3.8, 4) is 0 Å². The fourth-order valence-electron chi connectivity index (χ4n) is 3.78. The number of morpholine rings is 1. The first-order valence-electron chi connectivity index (χ1n) is 8.67. The second-order valence-electron chi connectivity index (χ2n) is 6.80. The van der Waals surface area contributed by atoms with Crippen LogP contribution >= 0.6 is 0 Å². The summed E-state index contributed by atoms with van der Waals surface area (Å²) in [5.41, 5.74) is 0. The number of aliphatic hydroxyl groups is 1. The van der Waals surface area contributed by atoms with Crippen molar-refractivity contribution in [1.82, 2.24) is 10.2 Å². The van der Waals surface area contributed by atoms with E-state index in [-0.39, 0.29) is 6.10 Å². The third kappa shape index (κ3) is 4.63. The Morgan fingerprint density at radius 3 is 2.95 bits per heavy atom. The summed E-state index contributed by atoms with van der Waals surface area (Å²) in [7, 11) is 0. The van der Waals surface area contributed by atoms with Gasteiger partial charge >= 0.3 is 0 Å². The van der Waals surface area contributed by atoms with Gasteiger partial charge in [0.1, 0.15) is 0 Å². The lowest BCUT2D eigenvalue weighted by Crippen LogP contribution is -2.50. The second-order valence-corrected chi connectivity index (χ2v) is 6.80. The van der Waals surface area contributed by atoms with Crippen LogP contribution in [-0.4, -0.2) is 73.8 Å². The van der Waals surface area contributed by atoms with E-state index in [1.54, 1.807) is 0 Å². The molecule has 2 saturated heterocycles. The Morgan fingerprint density at radius 1 is 1.24 bits per heavy atom. The Bertz CT molecular complexity index is 310. The van der Waals surface area contributed by atoms with E-state index in [1.165, 1.54) is 32.2 Å². The van der Waals surface area contributed by atoms with Crippen molar-refractivity contribution in [3.05, 3.63) is 0 Å². The highest BCUT2D eigenvalue weighted by Gasteiger charge is 2.31. The van der Waals surface area contributed by atoms with E-state index < -0.39 is 6.10 Å². The van der Waals surface area contributed by atoms with Crippen LogP contribution in [0, 0.1) is 0 Å². The molecule has 1 saturated carbocycles. The predicted octanol–water partition coefficient (Wildman–Crippen LogP) is 0.759. The van der Waals surface area contributed by atoms with Crippen LogP contribution in [0.4, 0.5) is 0 Å². The molecule has 3 aliphatic rings. The number of nitrogens with zero attached hydrogens (tertiary/aromatic N) is 1. The highest BCUT2D eigenvalue weighted by atomic mass is 16.5. The van der Waals surface area contributed by atoms with Crippen LogP contribution in [0.1, 0.15) is 38.5 Å². The molecule has 5 nitrogen and oxygen atoms in total. The molecule has 0 bridgehead atoms. The van der Waals surface area contributed by atoms with Gasteiger partial charge in [-0.25, -0.2) is 0 Å². The van der Waals surface area contributed by atoms with Crippen molar-refractivity contribution < 1.29 is 14.6 Å². The first-order chi connectivity index (χ1) is 10.3. The van der Waals surface area contributed by atoms with E-state index in [0.717, 1.165) is 32.5 Å². The van der Waals surface area contributed by atoms with E-state index in [4.69, 9.17) is 9.47 Å². The van der Waals surface area contributed by atoms with Crippen LogP contribution in [0.25, 0.3) is 0 Å². The summed E-state index contributed by atoms with van der Waals surface area (Å²) in [5, 5.41) is 13.3. The molecular formula is C16H30N2O3. The maximum atomic E-state index is 9.95. The monoisotopic (exact) mass is 298 g/mol. The largest absolute Gasteiger partial charge is 0.389 e. The third-order valence-corrected chi connectivity index (χ3v) is 5.04. The van der Waals surface area contributed by atoms with E-state index in [1.807, 2.05) is 0 Å². The second kappa shape index (κ2) is 7.88. The number of fused-ring (bicyclic) bond motifs is 1. The Hall–Kier alpha value is -0.200. The van der Waals surface area contributed by atoms with Crippen LogP contribution in [0.2, 0.25) is 0 Å². The van der Waals surface area contributed by atoms with Gasteiger partial charge in [-0.3, -0.25) is 4.90 Å². The molecule has 122 valence electrons. The fraction of sp³-hybridized carbons (Fsp3) is 1.00. The summed E-state index contributed by atoms with van der Waals surface area (Å²) in [6.45, 7) is 5.01. The Kier molecular flexibility index (Phi) is 5.89. The molecule has 21 heavy (non-hydrogen) atoms. The lowest BCUT2D eigenvalue weighted by molar-refractivity contribution is -0.0493. The highest BCUT2D eigenvalue weighted by molar-refractivity contribution is 4.86. The molecule has 0 aromatic carbocycles. The summed E-state index contributed by atoms with van der Waals surface area (Å²) < 4.78 is 11.6. The zero-order chi connectivity index (χ0) is 14.5. The number of nitrogens with one attached hydrogen (secondary N) is 1. The topological polar surface area (TPSA) is 54.0 Å². The number of aliphatic hydroxyl groups excluding tert-OH is 1. The van der Waals surface area contributed by atoms with Gasteiger partial charge in [-0.15, -0.1) is 0 Å². The molecule has 3 unspecified atom stereocenters. The molecule has 5 heteroatoms. The van der Waals surface area contributed by atoms with Gasteiger partial charge in [0.25, 0.3) is 0 Å². The molecule has 3 atom stereocenters. The van der Waals surface area contributed by atoms with Crippen molar-refractivity contribution >= 4 is 0 Å². The summed E-state index contributed by atoms with van der Waals surface area (Å²) >= 11 is 0. The van der Waals surface area contributed by atoms with Crippen molar-refractivity contribution in [2.75, 3.05) is 39.4 Å². The molecule has 1 aliphatic carbocycles. The molecule has 3 rings (SSSR count). The number of ether oxygens (including phenoxy) is 2. The molecular weight excluding hydrogens is 268 g/mol. The van der Waals surface area contributed by atoms with Crippen LogP contribution in [-0.2, 0) is 9.47 Å². The van der Waals surface area contributed by atoms with E-state index >= 15 is 0 Å². The summed E-state index contributed by atoms with van der Waals surface area (Å²) in [6, 6.07) is 0.659. The lowest BCUT2D eigenvalue weighted by atomic mass is 10.2. The van der Waals surface area contributed by atoms with Crippen molar-refractivity contribution in [2.24, 2.45) is 0 Å². The maximum absolute atomic E-state index is 9.95. The van der Waals surface area contributed by atoms with Gasteiger partial charge in [-0.05, 0) is 32.2 Å². The van der Waals surface area contributed by atoms with Gasteiger partial charge in [-0.1, -0.05) is 12.8 Å². The van der Waals surface area contributed by atoms with E-state index in [2.05, 4.69) is 10.2 Å². The Labute approximate surface area is 128 Å². The van der Waals surface area contributed by atoms with Gasteiger partial charge in [-0.2, -0.15) is 0 Å². The predicted molar refractivity (Wildman–Crippen MR) is 81.4 cm³/mol. The Balaban J connectivity index is 1.25. The average molecular weight is 298 g/mol. The van der Waals surface area contributed by atoms with Crippen LogP contribution in [0.15, 0.2) is 0 Å². The standard InChI is InChI=1S/C16H30N2O3/c19-14(12-21-15-5-1-2-6-15)8-17-9-16-10-18-7-3-4-13(18)11-20-16/h13-17,19H,1-12H2. The lowest BCUT2D eigenvalue weighted by Gasteiger charge is -2.35. The maximum Gasteiger partial charge on any atom is 0.0897 e. The first kappa shape index (κ1) is 15.7. The molecule has 0 aromatic heterocycles. The normalized spacial score (nSPS) is 32.4. The van der Waals surface area contributed by atoms with Crippen molar-refractivity contribution in [2.45, 2.75) is 62.9 Å². The van der Waals surface area contributed by atoms with Crippen LogP contribution in [0.5, 0.6) is 0 Å². The van der Waals surface area contributed by atoms with Gasteiger partial charge in [0.15, 0.2) is 0 Å². The average Bonchev–Trinajstić information content (AvgIpc) is 3.16.